The maximum Gasteiger partial charge on any atom is 0.162 e. The van der Waals surface area contributed by atoms with Gasteiger partial charge in [-0.2, -0.15) is 0 Å². The molecule has 2 nitrogen and oxygen atoms in total. The molecule has 1 rings (SSSR count). The predicted molar refractivity (Wildman–Crippen MR) is 52.3 cm³/mol. The summed E-state index contributed by atoms with van der Waals surface area (Å²) in [5.41, 5.74) is -0.949. The van der Waals surface area contributed by atoms with Crippen LogP contribution in [-0.4, -0.2) is 16.5 Å². The van der Waals surface area contributed by atoms with Gasteiger partial charge in [-0.05, 0) is 31.9 Å². The molecule has 0 saturated carbocycles. The van der Waals surface area contributed by atoms with E-state index in [1.54, 1.807) is 13.0 Å². The summed E-state index contributed by atoms with van der Waals surface area (Å²) >= 11 is 0. The fourth-order valence-corrected chi connectivity index (χ4v) is 1.52. The maximum absolute atomic E-state index is 11.3. The normalized spacial score (nSPS) is 33.5. The highest BCUT2D eigenvalue weighted by Crippen LogP contribution is 2.29. The highest BCUT2D eigenvalue weighted by atomic mass is 16.3. The van der Waals surface area contributed by atoms with E-state index >= 15 is 0 Å². The van der Waals surface area contributed by atoms with Crippen molar-refractivity contribution in [2.45, 2.75) is 32.3 Å². The van der Waals surface area contributed by atoms with E-state index in [4.69, 9.17) is 0 Å². The summed E-state index contributed by atoms with van der Waals surface area (Å²) in [5.74, 6) is -0.249. The Kier molecular flexibility index (Phi) is 3.04. The van der Waals surface area contributed by atoms with Gasteiger partial charge in [0.25, 0.3) is 0 Å². The van der Waals surface area contributed by atoms with Crippen LogP contribution >= 0.6 is 0 Å². The molecule has 0 fully saturated rings. The van der Waals surface area contributed by atoms with Crippen LogP contribution in [0.4, 0.5) is 0 Å². The Morgan fingerprint density at radius 1 is 1.62 bits per heavy atom. The van der Waals surface area contributed by atoms with Crippen LogP contribution in [0.15, 0.2) is 24.3 Å². The van der Waals surface area contributed by atoms with Gasteiger partial charge in [-0.25, -0.2) is 0 Å². The molecule has 1 N–H and O–H groups in total. The maximum atomic E-state index is 11.3. The minimum atomic E-state index is -0.949. The molecule has 0 aromatic heterocycles. The van der Waals surface area contributed by atoms with Crippen LogP contribution in [0.1, 0.15) is 26.7 Å². The number of aliphatic hydroxyl groups is 1. The summed E-state index contributed by atoms with van der Waals surface area (Å²) in [7, 11) is 0. The number of carbonyl (C=O) groups is 1. The zero-order chi connectivity index (χ0) is 9.90. The van der Waals surface area contributed by atoms with E-state index in [-0.39, 0.29) is 11.7 Å². The molecule has 1 aliphatic rings. The third kappa shape index (κ3) is 2.28. The van der Waals surface area contributed by atoms with E-state index < -0.39 is 5.60 Å². The number of ketones is 1. The van der Waals surface area contributed by atoms with Crippen LogP contribution in [0.5, 0.6) is 0 Å². The van der Waals surface area contributed by atoms with Crippen LogP contribution < -0.4 is 0 Å². The highest BCUT2D eigenvalue weighted by molar-refractivity contribution is 5.95. The molecule has 72 valence electrons. The molecule has 2 heteroatoms. The zero-order valence-corrected chi connectivity index (χ0v) is 8.16. The molecule has 0 radical (unpaired) electrons. The largest absolute Gasteiger partial charge is 0.385 e. The van der Waals surface area contributed by atoms with Gasteiger partial charge in [0.05, 0.1) is 11.5 Å². The van der Waals surface area contributed by atoms with Crippen molar-refractivity contribution in [1.29, 1.82) is 0 Å². The smallest absolute Gasteiger partial charge is 0.162 e. The quantitative estimate of drug-likeness (QED) is 0.673. The zero-order valence-electron chi connectivity index (χ0n) is 8.16. The second-order valence-corrected chi connectivity index (χ2v) is 3.63. The molecule has 0 aromatic carbocycles. The minimum Gasteiger partial charge on any atom is -0.385 e. The Morgan fingerprint density at radius 3 is 2.77 bits per heavy atom. The van der Waals surface area contributed by atoms with Crippen LogP contribution in [0.2, 0.25) is 0 Å². The molecule has 0 aliphatic heterocycles. The van der Waals surface area contributed by atoms with Gasteiger partial charge in [0.1, 0.15) is 0 Å². The van der Waals surface area contributed by atoms with Crippen molar-refractivity contribution in [2.24, 2.45) is 5.92 Å². The van der Waals surface area contributed by atoms with E-state index in [0.29, 0.717) is 6.42 Å². The molecule has 2 unspecified atom stereocenters. The topological polar surface area (TPSA) is 37.3 Å². The monoisotopic (exact) mass is 180 g/mol. The van der Waals surface area contributed by atoms with Crippen molar-refractivity contribution in [1.82, 2.24) is 0 Å². The molecule has 2 atom stereocenters. The van der Waals surface area contributed by atoms with E-state index in [1.807, 2.05) is 19.1 Å². The van der Waals surface area contributed by atoms with Crippen molar-refractivity contribution in [3.8, 4) is 0 Å². The van der Waals surface area contributed by atoms with Gasteiger partial charge >= 0.3 is 0 Å². The lowest BCUT2D eigenvalue weighted by atomic mass is 9.89. The highest BCUT2D eigenvalue weighted by Gasteiger charge is 2.37. The predicted octanol–water partition coefficient (Wildman–Crippen LogP) is 1.85. The third-order valence-corrected chi connectivity index (χ3v) is 2.41. The molecule has 0 saturated heterocycles. The summed E-state index contributed by atoms with van der Waals surface area (Å²) in [6.45, 7) is 3.72. The van der Waals surface area contributed by atoms with E-state index in [2.05, 4.69) is 0 Å². The first-order chi connectivity index (χ1) is 6.08. The Balaban J connectivity index is 2.59. The second kappa shape index (κ2) is 3.88. The van der Waals surface area contributed by atoms with Gasteiger partial charge in [-0.15, -0.1) is 0 Å². The van der Waals surface area contributed by atoms with Gasteiger partial charge < -0.3 is 5.11 Å². The number of allylic oxidation sites excluding steroid dienone is 3. The molecule has 0 amide bonds. The van der Waals surface area contributed by atoms with E-state index in [0.717, 1.165) is 6.42 Å². The average Bonchev–Trinajstić information content (AvgIpc) is 2.31. The lowest BCUT2D eigenvalue weighted by Crippen LogP contribution is -2.31. The Morgan fingerprint density at radius 2 is 2.31 bits per heavy atom. The summed E-state index contributed by atoms with van der Waals surface area (Å²) < 4.78 is 0. The van der Waals surface area contributed by atoms with Crippen LogP contribution in [0.25, 0.3) is 0 Å². The van der Waals surface area contributed by atoms with Gasteiger partial charge in [0.2, 0.25) is 0 Å². The van der Waals surface area contributed by atoms with Crippen LogP contribution in [0.3, 0.4) is 0 Å². The van der Waals surface area contributed by atoms with E-state index in [9.17, 15) is 9.90 Å². The van der Waals surface area contributed by atoms with Crippen molar-refractivity contribution < 1.29 is 9.90 Å². The molecule has 0 spiro atoms. The van der Waals surface area contributed by atoms with Crippen LogP contribution in [0, 0.1) is 5.92 Å². The first-order valence-corrected chi connectivity index (χ1v) is 4.68. The van der Waals surface area contributed by atoms with Gasteiger partial charge in [-0.3, -0.25) is 4.79 Å². The van der Waals surface area contributed by atoms with E-state index in [1.165, 1.54) is 6.08 Å². The second-order valence-electron chi connectivity index (χ2n) is 3.63. The summed E-state index contributed by atoms with van der Waals surface area (Å²) in [5, 5.41) is 9.78. The Bertz CT molecular complexity index is 249. The van der Waals surface area contributed by atoms with Gasteiger partial charge in [0, 0.05) is 0 Å². The SMILES string of the molecule is CC/C=C\CC1C(=O)C=CC1(C)O. The summed E-state index contributed by atoms with van der Waals surface area (Å²) in [4.78, 5) is 11.3. The Hall–Kier alpha value is -0.890. The molecule has 0 heterocycles. The minimum absolute atomic E-state index is 0.0331. The number of carbonyl (C=O) groups excluding carboxylic acids is 1. The standard InChI is InChI=1S/C11H16O2/c1-3-4-5-6-9-10(12)7-8-11(9,2)13/h4-5,7-9,13H,3,6H2,1-2H3/b5-4-. The first kappa shape index (κ1) is 10.2. The van der Waals surface area contributed by atoms with Crippen molar-refractivity contribution in [3.05, 3.63) is 24.3 Å². The van der Waals surface area contributed by atoms with Crippen molar-refractivity contribution in [3.63, 3.8) is 0 Å². The number of hydrogen-bond donors (Lipinski definition) is 1. The summed E-state index contributed by atoms with van der Waals surface area (Å²) in [6, 6.07) is 0. The van der Waals surface area contributed by atoms with Crippen molar-refractivity contribution in [2.75, 3.05) is 0 Å². The van der Waals surface area contributed by atoms with Gasteiger partial charge in [0.15, 0.2) is 5.78 Å². The average molecular weight is 180 g/mol. The lowest BCUT2D eigenvalue weighted by molar-refractivity contribution is -0.121. The Labute approximate surface area is 79.0 Å². The molecule has 0 aromatic rings. The molecular formula is C11H16O2. The molecule has 1 aliphatic carbocycles. The number of rotatable bonds is 3. The van der Waals surface area contributed by atoms with Crippen molar-refractivity contribution >= 4 is 5.78 Å². The lowest BCUT2D eigenvalue weighted by Gasteiger charge is -2.22. The van der Waals surface area contributed by atoms with Crippen LogP contribution in [-0.2, 0) is 4.79 Å². The summed E-state index contributed by atoms with van der Waals surface area (Å²) in [6.07, 6.45) is 8.64. The molecule has 0 bridgehead atoms. The first-order valence-electron chi connectivity index (χ1n) is 4.68. The fraction of sp³-hybridized carbons (Fsp3) is 0.545. The van der Waals surface area contributed by atoms with Gasteiger partial charge in [-0.1, -0.05) is 19.1 Å². The number of hydrogen-bond acceptors (Lipinski definition) is 2. The molecular weight excluding hydrogens is 164 g/mol. The third-order valence-electron chi connectivity index (χ3n) is 2.41. The fourth-order valence-electron chi connectivity index (χ4n) is 1.52. The molecule has 13 heavy (non-hydrogen) atoms.